The van der Waals surface area contributed by atoms with Gasteiger partial charge < -0.3 is 9.47 Å². The van der Waals surface area contributed by atoms with Gasteiger partial charge in [0.1, 0.15) is 11.5 Å². The third kappa shape index (κ3) is 7.18. The van der Waals surface area contributed by atoms with Gasteiger partial charge in [-0.1, -0.05) is 36.4 Å². The van der Waals surface area contributed by atoms with Crippen LogP contribution in [0.2, 0.25) is 0 Å². The van der Waals surface area contributed by atoms with Crippen LogP contribution in [0, 0.1) is 0 Å². The first-order valence-electron chi connectivity index (χ1n) is 8.43. The highest BCUT2D eigenvalue weighted by Gasteiger charge is 1.89. The molecule has 0 bridgehead atoms. The maximum atomic E-state index is 5.13. The Labute approximate surface area is 155 Å². The van der Waals surface area contributed by atoms with E-state index in [1.165, 1.54) is 0 Å². The number of nitrogens with zero attached hydrogens (tertiary/aromatic N) is 2. The number of benzene rings is 2. The molecule has 0 saturated carbocycles. The van der Waals surface area contributed by atoms with Crippen molar-refractivity contribution in [2.45, 2.75) is 0 Å². The fourth-order valence-electron chi connectivity index (χ4n) is 2.12. The Balaban J connectivity index is 1.65. The van der Waals surface area contributed by atoms with Gasteiger partial charge in [-0.15, -0.1) is 0 Å². The van der Waals surface area contributed by atoms with Crippen LogP contribution in [0.15, 0.2) is 70.7 Å². The monoisotopic (exact) mass is 348 g/mol. The van der Waals surface area contributed by atoms with Crippen LogP contribution in [0.25, 0.3) is 12.2 Å². The molecule has 0 atom stereocenters. The molecule has 0 heterocycles. The lowest BCUT2D eigenvalue weighted by Gasteiger charge is -1.98. The molecule has 0 aromatic heterocycles. The van der Waals surface area contributed by atoms with E-state index >= 15 is 0 Å². The molecular weight excluding hydrogens is 324 g/mol. The third-order valence-electron chi connectivity index (χ3n) is 3.55. The van der Waals surface area contributed by atoms with E-state index < -0.39 is 0 Å². The molecule has 26 heavy (non-hydrogen) atoms. The summed E-state index contributed by atoms with van der Waals surface area (Å²) in [6.45, 7) is 1.33. The summed E-state index contributed by atoms with van der Waals surface area (Å²) in [5, 5.41) is 0. The molecule has 0 N–H and O–H groups in total. The molecule has 0 fully saturated rings. The van der Waals surface area contributed by atoms with Crippen LogP contribution in [0.3, 0.4) is 0 Å². The van der Waals surface area contributed by atoms with E-state index in [9.17, 15) is 0 Å². The van der Waals surface area contributed by atoms with E-state index in [-0.39, 0.29) is 0 Å². The van der Waals surface area contributed by atoms with Crippen molar-refractivity contribution in [3.63, 3.8) is 0 Å². The molecule has 0 saturated heterocycles. The largest absolute Gasteiger partial charge is 0.497 e. The van der Waals surface area contributed by atoms with Gasteiger partial charge in [0, 0.05) is 12.4 Å². The van der Waals surface area contributed by atoms with Crippen LogP contribution in [0.5, 0.6) is 11.5 Å². The first kappa shape index (κ1) is 19.2. The Morgan fingerprint density at radius 3 is 1.38 bits per heavy atom. The zero-order chi connectivity index (χ0) is 18.5. The average molecular weight is 348 g/mol. The highest BCUT2D eigenvalue weighted by Crippen LogP contribution is 2.12. The average Bonchev–Trinajstić information content (AvgIpc) is 2.70. The molecule has 4 heteroatoms. The maximum absolute atomic E-state index is 5.13. The topological polar surface area (TPSA) is 43.2 Å². The summed E-state index contributed by atoms with van der Waals surface area (Å²) < 4.78 is 10.3. The van der Waals surface area contributed by atoms with Gasteiger partial charge >= 0.3 is 0 Å². The minimum Gasteiger partial charge on any atom is -0.497 e. The SMILES string of the molecule is COc1ccc(/C=C/C=NCCN=C/C=C/c2ccc(OC)cc2)cc1. The van der Waals surface area contributed by atoms with Crippen LogP contribution >= 0.6 is 0 Å². The van der Waals surface area contributed by atoms with Gasteiger partial charge in [-0.25, -0.2) is 0 Å². The highest BCUT2D eigenvalue weighted by molar-refractivity contribution is 5.79. The lowest BCUT2D eigenvalue weighted by molar-refractivity contribution is 0.414. The molecule has 0 radical (unpaired) electrons. The third-order valence-corrected chi connectivity index (χ3v) is 3.55. The second-order valence-electron chi connectivity index (χ2n) is 5.38. The summed E-state index contributed by atoms with van der Waals surface area (Å²) in [5.41, 5.74) is 2.22. The molecule has 134 valence electrons. The van der Waals surface area contributed by atoms with Gasteiger partial charge in [0.25, 0.3) is 0 Å². The van der Waals surface area contributed by atoms with Crippen molar-refractivity contribution in [1.82, 2.24) is 0 Å². The molecule has 0 aliphatic rings. The van der Waals surface area contributed by atoms with Gasteiger partial charge in [0.15, 0.2) is 0 Å². The van der Waals surface area contributed by atoms with Crippen molar-refractivity contribution in [2.24, 2.45) is 9.98 Å². The summed E-state index contributed by atoms with van der Waals surface area (Å²) in [6.07, 6.45) is 11.5. The van der Waals surface area contributed by atoms with Gasteiger partial charge in [0.2, 0.25) is 0 Å². The van der Waals surface area contributed by atoms with Crippen molar-refractivity contribution in [3.05, 3.63) is 71.8 Å². The molecular formula is C22H24N2O2. The van der Waals surface area contributed by atoms with E-state index in [2.05, 4.69) is 9.98 Å². The summed E-state index contributed by atoms with van der Waals surface area (Å²) in [7, 11) is 3.32. The van der Waals surface area contributed by atoms with Crippen molar-refractivity contribution in [1.29, 1.82) is 0 Å². The van der Waals surface area contributed by atoms with E-state index in [0.29, 0.717) is 13.1 Å². The second kappa shape index (κ2) is 11.4. The van der Waals surface area contributed by atoms with Gasteiger partial charge in [0.05, 0.1) is 27.3 Å². The molecule has 2 aromatic rings. The Hall–Kier alpha value is -3.14. The zero-order valence-electron chi connectivity index (χ0n) is 15.2. The van der Waals surface area contributed by atoms with Crippen molar-refractivity contribution >= 4 is 24.6 Å². The second-order valence-corrected chi connectivity index (χ2v) is 5.38. The molecule has 0 unspecified atom stereocenters. The quantitative estimate of drug-likeness (QED) is 0.492. The molecule has 0 aliphatic heterocycles. The van der Waals surface area contributed by atoms with E-state index in [1.807, 2.05) is 72.8 Å². The van der Waals surface area contributed by atoms with Gasteiger partial charge in [-0.2, -0.15) is 0 Å². The standard InChI is InChI=1S/C22H24N2O2/c1-25-21-11-7-19(8-12-21)5-3-15-23-17-18-24-16-4-6-20-9-13-22(26-2)14-10-20/h3-16H,17-18H2,1-2H3/b5-3+,6-4+,23-15?,24-16?. The van der Waals surface area contributed by atoms with E-state index in [0.717, 1.165) is 22.6 Å². The predicted molar refractivity (Wildman–Crippen MR) is 111 cm³/mol. The minimum absolute atomic E-state index is 0.666. The number of aliphatic imine (C=N–C) groups is 2. The summed E-state index contributed by atoms with van der Waals surface area (Å²) >= 11 is 0. The Kier molecular flexibility index (Phi) is 8.43. The number of hydrogen-bond donors (Lipinski definition) is 0. The highest BCUT2D eigenvalue weighted by atomic mass is 16.5. The molecule has 0 amide bonds. The van der Waals surface area contributed by atoms with Crippen molar-refractivity contribution in [2.75, 3.05) is 27.3 Å². The van der Waals surface area contributed by atoms with Crippen LogP contribution < -0.4 is 9.47 Å². The number of hydrogen-bond acceptors (Lipinski definition) is 4. The predicted octanol–water partition coefficient (Wildman–Crippen LogP) is 4.57. The molecule has 4 nitrogen and oxygen atoms in total. The van der Waals surface area contributed by atoms with E-state index in [1.54, 1.807) is 26.6 Å². The smallest absolute Gasteiger partial charge is 0.118 e. The Morgan fingerprint density at radius 2 is 1.04 bits per heavy atom. The van der Waals surface area contributed by atoms with Crippen molar-refractivity contribution < 1.29 is 9.47 Å². The molecule has 0 aliphatic carbocycles. The summed E-state index contributed by atoms with van der Waals surface area (Å²) in [4.78, 5) is 8.61. The fourth-order valence-corrected chi connectivity index (χ4v) is 2.12. The Morgan fingerprint density at radius 1 is 0.654 bits per heavy atom. The normalized spacial score (nSPS) is 11.9. The van der Waals surface area contributed by atoms with E-state index in [4.69, 9.17) is 9.47 Å². The zero-order valence-corrected chi connectivity index (χ0v) is 15.2. The van der Waals surface area contributed by atoms with Crippen LogP contribution in [0.4, 0.5) is 0 Å². The first-order valence-corrected chi connectivity index (χ1v) is 8.43. The van der Waals surface area contributed by atoms with Gasteiger partial charge in [-0.05, 0) is 47.5 Å². The van der Waals surface area contributed by atoms with Crippen LogP contribution in [-0.4, -0.2) is 39.7 Å². The van der Waals surface area contributed by atoms with Gasteiger partial charge in [-0.3, -0.25) is 9.98 Å². The van der Waals surface area contributed by atoms with Crippen LogP contribution in [0.1, 0.15) is 11.1 Å². The minimum atomic E-state index is 0.666. The maximum Gasteiger partial charge on any atom is 0.118 e. The molecule has 2 rings (SSSR count). The summed E-state index contributed by atoms with van der Waals surface area (Å²) in [6, 6.07) is 15.8. The van der Waals surface area contributed by atoms with Crippen LogP contribution in [-0.2, 0) is 0 Å². The molecule has 2 aromatic carbocycles. The number of methoxy groups -OCH3 is 2. The summed E-state index contributed by atoms with van der Waals surface area (Å²) in [5.74, 6) is 1.71. The Bertz CT molecular complexity index is 690. The lowest BCUT2D eigenvalue weighted by atomic mass is 10.2. The van der Waals surface area contributed by atoms with Crippen molar-refractivity contribution in [3.8, 4) is 11.5 Å². The lowest BCUT2D eigenvalue weighted by Crippen LogP contribution is -1.86. The fraction of sp³-hybridized carbons (Fsp3) is 0.182. The number of allylic oxidation sites excluding steroid dienone is 2. The number of ether oxygens (including phenoxy) is 2. The number of rotatable bonds is 9. The first-order chi connectivity index (χ1) is 12.8. The molecule has 0 spiro atoms.